The quantitative estimate of drug-likeness (QED) is 0.307. The monoisotopic (exact) mass is 659 g/mol. The molecule has 1 aliphatic heterocycles. The van der Waals surface area contributed by atoms with Crippen LogP contribution in [-0.2, 0) is 32.1 Å². The van der Waals surface area contributed by atoms with Crippen molar-refractivity contribution in [1.82, 2.24) is 26.2 Å². The van der Waals surface area contributed by atoms with Gasteiger partial charge in [-0.05, 0) is 54.7 Å². The highest BCUT2D eigenvalue weighted by atomic mass is 19.1. The third-order valence-corrected chi connectivity index (χ3v) is 7.80. The van der Waals surface area contributed by atoms with Crippen LogP contribution in [0.4, 0.5) is 4.39 Å². The van der Waals surface area contributed by atoms with Crippen LogP contribution in [0.2, 0.25) is 0 Å². The van der Waals surface area contributed by atoms with E-state index in [1.165, 1.54) is 23.1 Å². The highest BCUT2D eigenvalue weighted by Crippen LogP contribution is 2.19. The Labute approximate surface area is 279 Å². The Morgan fingerprint density at radius 2 is 1.60 bits per heavy atom. The summed E-state index contributed by atoms with van der Waals surface area (Å²) in [6.45, 7) is 5.18. The van der Waals surface area contributed by atoms with Gasteiger partial charge < -0.3 is 30.9 Å². The standard InChI is InChI=1S/C36H42FN5O6/c1-23(2)33-36(47)39-24(3)22-48-30-12-8-7-11-28(30)34(45)40-29(35(46)38-18-17-25-13-15-27(37)16-14-25)19-32(44)42(21-31(43)41-33)20-26-9-5-4-6-10-26/h4-16,23-24,29,33H,17-22H2,1-3H3,(H,38,46)(H,39,47)(H,40,45)(H,41,43)/t24-,29-,33+/m0/s1. The normalized spacial score (nSPS) is 19.7. The molecule has 0 saturated heterocycles. The van der Waals surface area contributed by atoms with Crippen LogP contribution in [0.25, 0.3) is 0 Å². The predicted molar refractivity (Wildman–Crippen MR) is 177 cm³/mol. The fraction of sp³-hybridized carbons (Fsp3) is 0.361. The molecule has 0 bridgehead atoms. The number of hydrogen-bond acceptors (Lipinski definition) is 6. The number of benzene rings is 3. The Morgan fingerprint density at radius 1 is 0.917 bits per heavy atom. The second-order valence-corrected chi connectivity index (χ2v) is 12.1. The van der Waals surface area contributed by atoms with E-state index in [-0.39, 0.29) is 42.7 Å². The Morgan fingerprint density at radius 3 is 2.31 bits per heavy atom. The van der Waals surface area contributed by atoms with E-state index in [1.54, 1.807) is 75.4 Å². The zero-order valence-electron chi connectivity index (χ0n) is 27.3. The molecule has 4 N–H and O–H groups in total. The third-order valence-electron chi connectivity index (χ3n) is 7.80. The van der Waals surface area contributed by atoms with Crippen LogP contribution in [0.1, 0.15) is 48.7 Å². The lowest BCUT2D eigenvalue weighted by Crippen LogP contribution is -2.54. The van der Waals surface area contributed by atoms with Crippen LogP contribution in [0, 0.1) is 11.7 Å². The van der Waals surface area contributed by atoms with Gasteiger partial charge in [-0.3, -0.25) is 24.0 Å². The highest BCUT2D eigenvalue weighted by molar-refractivity contribution is 6.01. The van der Waals surface area contributed by atoms with Gasteiger partial charge in [-0.1, -0.05) is 68.4 Å². The SMILES string of the molecule is CC(C)[C@H]1NC(=O)CN(Cc2ccccc2)C(=O)C[C@@H](C(=O)NCCc2ccc(F)cc2)NC(=O)c2ccccc2OC[C@H](C)NC1=O. The number of nitrogens with zero attached hydrogens (tertiary/aromatic N) is 1. The molecule has 0 radical (unpaired) electrons. The summed E-state index contributed by atoms with van der Waals surface area (Å²) in [5, 5.41) is 11.1. The van der Waals surface area contributed by atoms with Crippen LogP contribution < -0.4 is 26.0 Å². The van der Waals surface area contributed by atoms with E-state index in [2.05, 4.69) is 21.3 Å². The number of halogens is 1. The summed E-state index contributed by atoms with van der Waals surface area (Å²) < 4.78 is 19.3. The maximum atomic E-state index is 13.9. The zero-order valence-corrected chi connectivity index (χ0v) is 27.3. The molecule has 0 fully saturated rings. The number of carbonyl (C=O) groups excluding carboxylic acids is 5. The average Bonchev–Trinajstić information content (AvgIpc) is 3.06. The second-order valence-electron chi connectivity index (χ2n) is 12.1. The number of hydrogen-bond donors (Lipinski definition) is 4. The number of ether oxygens (including phenoxy) is 1. The van der Waals surface area contributed by atoms with Gasteiger partial charge in [0.25, 0.3) is 5.91 Å². The lowest BCUT2D eigenvalue weighted by Gasteiger charge is -2.27. The first-order valence-electron chi connectivity index (χ1n) is 16.0. The van der Waals surface area contributed by atoms with Crippen molar-refractivity contribution in [3.05, 3.63) is 101 Å². The molecule has 1 aliphatic rings. The molecule has 0 spiro atoms. The minimum atomic E-state index is -1.31. The van der Waals surface area contributed by atoms with Gasteiger partial charge in [-0.2, -0.15) is 0 Å². The smallest absolute Gasteiger partial charge is 0.255 e. The Kier molecular flexibility index (Phi) is 12.6. The summed E-state index contributed by atoms with van der Waals surface area (Å²) in [5.74, 6) is -3.22. The molecule has 254 valence electrons. The minimum Gasteiger partial charge on any atom is -0.491 e. The van der Waals surface area contributed by atoms with Crippen LogP contribution in [0.15, 0.2) is 78.9 Å². The van der Waals surface area contributed by atoms with Crippen molar-refractivity contribution in [2.24, 2.45) is 5.92 Å². The van der Waals surface area contributed by atoms with Crippen LogP contribution in [-0.4, -0.2) is 72.3 Å². The molecule has 3 aromatic carbocycles. The van der Waals surface area contributed by atoms with E-state index < -0.39 is 60.6 Å². The summed E-state index contributed by atoms with van der Waals surface area (Å²) in [6.07, 6.45) is -0.0675. The number of carbonyl (C=O) groups is 5. The van der Waals surface area contributed by atoms with Gasteiger partial charge in [0.2, 0.25) is 23.6 Å². The lowest BCUT2D eigenvalue weighted by atomic mass is 10.0. The van der Waals surface area contributed by atoms with Crippen molar-refractivity contribution in [2.45, 2.75) is 58.3 Å². The molecule has 12 heteroatoms. The topological polar surface area (TPSA) is 146 Å². The zero-order chi connectivity index (χ0) is 34.6. The molecule has 0 aliphatic carbocycles. The molecule has 3 atom stereocenters. The van der Waals surface area contributed by atoms with Crippen molar-refractivity contribution < 1.29 is 33.1 Å². The summed E-state index contributed by atoms with van der Waals surface area (Å²) in [6, 6.07) is 18.7. The second kappa shape index (κ2) is 17.1. The molecule has 11 nitrogen and oxygen atoms in total. The predicted octanol–water partition coefficient (Wildman–Crippen LogP) is 2.74. The number of fused-ring (bicyclic) bond motifs is 1. The molecule has 0 saturated carbocycles. The number of nitrogens with one attached hydrogen (secondary N) is 4. The van der Waals surface area contributed by atoms with Gasteiger partial charge in [0, 0.05) is 13.1 Å². The molecule has 3 aromatic rings. The summed E-state index contributed by atoms with van der Waals surface area (Å²) in [4.78, 5) is 68.9. The van der Waals surface area contributed by atoms with Gasteiger partial charge in [-0.25, -0.2) is 4.39 Å². The molecular formula is C36H42FN5O6. The first-order chi connectivity index (χ1) is 23.0. The lowest BCUT2D eigenvalue weighted by molar-refractivity contribution is -0.139. The molecule has 0 unspecified atom stereocenters. The first kappa shape index (κ1) is 35.6. The molecule has 1 heterocycles. The van der Waals surface area contributed by atoms with E-state index in [9.17, 15) is 28.4 Å². The molecule has 4 rings (SSSR count). The fourth-order valence-corrected chi connectivity index (χ4v) is 5.19. The van der Waals surface area contributed by atoms with E-state index in [0.29, 0.717) is 6.42 Å². The Hall–Kier alpha value is -5.26. The largest absolute Gasteiger partial charge is 0.491 e. The van der Waals surface area contributed by atoms with Crippen molar-refractivity contribution >= 4 is 29.5 Å². The van der Waals surface area contributed by atoms with Crippen molar-refractivity contribution in [1.29, 1.82) is 0 Å². The van der Waals surface area contributed by atoms with Crippen LogP contribution >= 0.6 is 0 Å². The highest BCUT2D eigenvalue weighted by Gasteiger charge is 2.31. The van der Waals surface area contributed by atoms with Crippen molar-refractivity contribution in [3.8, 4) is 5.75 Å². The fourth-order valence-electron chi connectivity index (χ4n) is 5.19. The van der Waals surface area contributed by atoms with Crippen molar-refractivity contribution in [2.75, 3.05) is 19.7 Å². The van der Waals surface area contributed by atoms with Gasteiger partial charge in [-0.15, -0.1) is 0 Å². The van der Waals surface area contributed by atoms with Gasteiger partial charge in [0.05, 0.1) is 24.6 Å². The third kappa shape index (κ3) is 10.4. The summed E-state index contributed by atoms with van der Waals surface area (Å²) in [7, 11) is 0. The number of amides is 5. The van der Waals surface area contributed by atoms with E-state index in [4.69, 9.17) is 4.74 Å². The van der Waals surface area contributed by atoms with Gasteiger partial charge >= 0.3 is 0 Å². The summed E-state index contributed by atoms with van der Waals surface area (Å²) in [5.41, 5.74) is 1.67. The number of rotatable bonds is 7. The Balaban J connectivity index is 1.65. The molecular weight excluding hydrogens is 617 g/mol. The van der Waals surface area contributed by atoms with Crippen LogP contribution in [0.5, 0.6) is 5.75 Å². The van der Waals surface area contributed by atoms with Crippen molar-refractivity contribution in [3.63, 3.8) is 0 Å². The van der Waals surface area contributed by atoms with Crippen LogP contribution in [0.3, 0.4) is 0 Å². The maximum Gasteiger partial charge on any atom is 0.255 e. The first-order valence-corrected chi connectivity index (χ1v) is 16.0. The van der Waals surface area contributed by atoms with Gasteiger partial charge in [0.1, 0.15) is 30.3 Å². The summed E-state index contributed by atoms with van der Waals surface area (Å²) >= 11 is 0. The van der Waals surface area contributed by atoms with E-state index in [0.717, 1.165) is 11.1 Å². The molecule has 5 amide bonds. The molecule has 48 heavy (non-hydrogen) atoms. The van der Waals surface area contributed by atoms with E-state index >= 15 is 0 Å². The average molecular weight is 660 g/mol. The minimum absolute atomic E-state index is 0.0193. The molecule has 0 aromatic heterocycles. The Bertz CT molecular complexity index is 1580. The maximum absolute atomic E-state index is 13.9. The van der Waals surface area contributed by atoms with E-state index in [1.807, 2.05) is 6.07 Å². The van der Waals surface area contributed by atoms with Gasteiger partial charge in [0.15, 0.2) is 0 Å². The number of para-hydroxylation sites is 1.